The van der Waals surface area contributed by atoms with Crippen molar-refractivity contribution in [2.24, 2.45) is 5.92 Å². The lowest BCUT2D eigenvalue weighted by Gasteiger charge is -2.12. The molecular formula is C14H22O. The number of carbonyl (C=O) groups is 1. The normalized spacial score (nSPS) is 18.3. The van der Waals surface area contributed by atoms with Crippen LogP contribution >= 0.6 is 0 Å². The fraction of sp³-hybridized carbons (Fsp3) is 0.643. The molecule has 1 heteroatoms. The van der Waals surface area contributed by atoms with Crippen LogP contribution in [0.15, 0.2) is 22.8 Å². The van der Waals surface area contributed by atoms with E-state index in [1.807, 2.05) is 6.92 Å². The zero-order valence-electron chi connectivity index (χ0n) is 10.4. The first-order chi connectivity index (χ1) is 7.02. The highest BCUT2D eigenvalue weighted by Crippen LogP contribution is 2.31. The second-order valence-corrected chi connectivity index (χ2v) is 4.83. The molecule has 1 aliphatic carbocycles. The number of rotatable bonds is 4. The highest BCUT2D eigenvalue weighted by atomic mass is 16.1. The fourth-order valence-electron chi connectivity index (χ4n) is 2.21. The van der Waals surface area contributed by atoms with Crippen molar-refractivity contribution in [2.75, 3.05) is 0 Å². The van der Waals surface area contributed by atoms with Gasteiger partial charge in [0, 0.05) is 6.42 Å². The van der Waals surface area contributed by atoms with Crippen LogP contribution in [0, 0.1) is 5.92 Å². The molecule has 1 nitrogen and oxygen atoms in total. The SMILES string of the molecule is CC(C)=CCCC(C)C1=C(C)C(=O)CC1. The molecule has 0 spiro atoms. The Hall–Kier alpha value is -0.850. The van der Waals surface area contributed by atoms with Crippen LogP contribution in [-0.4, -0.2) is 5.78 Å². The first-order valence-electron chi connectivity index (χ1n) is 5.88. The molecule has 0 aromatic heterocycles. The molecule has 84 valence electrons. The Balaban J connectivity index is 2.51. The van der Waals surface area contributed by atoms with Crippen molar-refractivity contribution in [1.29, 1.82) is 0 Å². The second kappa shape index (κ2) is 5.29. The molecule has 0 heterocycles. The summed E-state index contributed by atoms with van der Waals surface area (Å²) in [6.07, 6.45) is 6.33. The van der Waals surface area contributed by atoms with Gasteiger partial charge in [-0.2, -0.15) is 0 Å². The smallest absolute Gasteiger partial charge is 0.158 e. The van der Waals surface area contributed by atoms with E-state index in [1.165, 1.54) is 17.6 Å². The highest BCUT2D eigenvalue weighted by molar-refractivity contribution is 5.98. The van der Waals surface area contributed by atoms with Gasteiger partial charge in [0.15, 0.2) is 5.78 Å². The van der Waals surface area contributed by atoms with Gasteiger partial charge in [-0.25, -0.2) is 0 Å². The third-order valence-electron chi connectivity index (χ3n) is 3.27. The third kappa shape index (κ3) is 3.33. The minimum absolute atomic E-state index is 0.360. The maximum Gasteiger partial charge on any atom is 0.158 e. The van der Waals surface area contributed by atoms with Crippen molar-refractivity contribution in [3.05, 3.63) is 22.8 Å². The van der Waals surface area contributed by atoms with Crippen molar-refractivity contribution < 1.29 is 4.79 Å². The summed E-state index contributed by atoms with van der Waals surface area (Å²) in [7, 11) is 0. The Labute approximate surface area is 93.3 Å². The van der Waals surface area contributed by atoms with Crippen LogP contribution in [0.4, 0.5) is 0 Å². The summed E-state index contributed by atoms with van der Waals surface area (Å²) in [6, 6.07) is 0. The van der Waals surface area contributed by atoms with Gasteiger partial charge >= 0.3 is 0 Å². The van der Waals surface area contributed by atoms with Crippen LogP contribution < -0.4 is 0 Å². The standard InChI is InChI=1S/C14H22O/c1-10(2)6-5-7-11(3)13-8-9-14(15)12(13)4/h6,11H,5,7-9H2,1-4H3. The molecule has 0 aliphatic heterocycles. The lowest BCUT2D eigenvalue weighted by atomic mass is 9.93. The maximum absolute atomic E-state index is 11.4. The van der Waals surface area contributed by atoms with Gasteiger partial charge in [-0.3, -0.25) is 4.79 Å². The molecule has 0 fully saturated rings. The van der Waals surface area contributed by atoms with Gasteiger partial charge in [0.05, 0.1) is 0 Å². The first-order valence-corrected chi connectivity index (χ1v) is 5.88. The van der Waals surface area contributed by atoms with Crippen LogP contribution in [0.25, 0.3) is 0 Å². The first kappa shape index (κ1) is 12.2. The van der Waals surface area contributed by atoms with Gasteiger partial charge in [0.25, 0.3) is 0 Å². The van der Waals surface area contributed by atoms with Crippen LogP contribution in [0.5, 0.6) is 0 Å². The quantitative estimate of drug-likeness (QED) is 0.634. The predicted octanol–water partition coefficient (Wildman–Crippen LogP) is 4.05. The van der Waals surface area contributed by atoms with E-state index in [9.17, 15) is 4.79 Å². The molecule has 0 aromatic rings. The van der Waals surface area contributed by atoms with Crippen LogP contribution in [0.1, 0.15) is 53.4 Å². The minimum Gasteiger partial charge on any atom is -0.295 e. The Morgan fingerprint density at radius 2 is 2.07 bits per heavy atom. The van der Waals surface area contributed by atoms with Crippen molar-refractivity contribution in [3.63, 3.8) is 0 Å². The summed E-state index contributed by atoms with van der Waals surface area (Å²) in [5.74, 6) is 0.936. The van der Waals surface area contributed by atoms with E-state index >= 15 is 0 Å². The predicted molar refractivity (Wildman–Crippen MR) is 64.8 cm³/mol. The van der Waals surface area contributed by atoms with E-state index in [1.54, 1.807) is 0 Å². The summed E-state index contributed by atoms with van der Waals surface area (Å²) < 4.78 is 0. The van der Waals surface area contributed by atoms with E-state index in [4.69, 9.17) is 0 Å². The van der Waals surface area contributed by atoms with Crippen molar-refractivity contribution in [3.8, 4) is 0 Å². The lowest BCUT2D eigenvalue weighted by Crippen LogP contribution is -1.99. The molecule has 0 bridgehead atoms. The van der Waals surface area contributed by atoms with Crippen LogP contribution in [0.3, 0.4) is 0 Å². The maximum atomic E-state index is 11.4. The molecule has 0 N–H and O–H groups in total. The topological polar surface area (TPSA) is 17.1 Å². The van der Waals surface area contributed by atoms with E-state index in [0.29, 0.717) is 11.7 Å². The second-order valence-electron chi connectivity index (χ2n) is 4.83. The molecular weight excluding hydrogens is 184 g/mol. The van der Waals surface area contributed by atoms with Gasteiger partial charge in [0.1, 0.15) is 0 Å². The summed E-state index contributed by atoms with van der Waals surface area (Å²) in [4.78, 5) is 11.4. The van der Waals surface area contributed by atoms with Gasteiger partial charge in [-0.15, -0.1) is 0 Å². The highest BCUT2D eigenvalue weighted by Gasteiger charge is 2.22. The number of allylic oxidation sites excluding steroid dienone is 4. The lowest BCUT2D eigenvalue weighted by molar-refractivity contribution is -0.114. The van der Waals surface area contributed by atoms with Crippen molar-refractivity contribution in [1.82, 2.24) is 0 Å². The Morgan fingerprint density at radius 3 is 2.53 bits per heavy atom. The van der Waals surface area contributed by atoms with Crippen LogP contribution in [0.2, 0.25) is 0 Å². The molecule has 15 heavy (non-hydrogen) atoms. The Kier molecular flexibility index (Phi) is 4.31. The molecule has 0 saturated heterocycles. The Morgan fingerprint density at radius 1 is 1.40 bits per heavy atom. The van der Waals surface area contributed by atoms with Crippen molar-refractivity contribution >= 4 is 5.78 Å². The number of carbonyl (C=O) groups excluding carboxylic acids is 1. The summed E-state index contributed by atoms with van der Waals surface area (Å²) in [5.41, 5.74) is 3.83. The molecule has 1 aliphatic rings. The molecule has 0 amide bonds. The number of hydrogen-bond donors (Lipinski definition) is 0. The Bertz CT molecular complexity index is 303. The molecule has 1 atom stereocenters. The molecule has 0 aromatic carbocycles. The zero-order valence-corrected chi connectivity index (χ0v) is 10.4. The summed E-state index contributed by atoms with van der Waals surface area (Å²) in [5, 5.41) is 0. The van der Waals surface area contributed by atoms with Gasteiger partial charge in [-0.05, 0) is 51.5 Å². The average Bonchev–Trinajstić information content (AvgIpc) is 2.47. The molecule has 1 unspecified atom stereocenters. The summed E-state index contributed by atoms with van der Waals surface area (Å²) in [6.45, 7) is 8.50. The summed E-state index contributed by atoms with van der Waals surface area (Å²) >= 11 is 0. The monoisotopic (exact) mass is 206 g/mol. The zero-order chi connectivity index (χ0) is 11.4. The minimum atomic E-state index is 0.360. The van der Waals surface area contributed by atoms with E-state index in [2.05, 4.69) is 26.8 Å². The molecule has 0 radical (unpaired) electrons. The van der Waals surface area contributed by atoms with Gasteiger partial charge in [0.2, 0.25) is 0 Å². The fourth-order valence-corrected chi connectivity index (χ4v) is 2.21. The largest absolute Gasteiger partial charge is 0.295 e. The number of hydrogen-bond acceptors (Lipinski definition) is 1. The van der Waals surface area contributed by atoms with Gasteiger partial charge in [-0.1, -0.05) is 24.1 Å². The van der Waals surface area contributed by atoms with E-state index in [-0.39, 0.29) is 0 Å². The van der Waals surface area contributed by atoms with Gasteiger partial charge < -0.3 is 0 Å². The van der Waals surface area contributed by atoms with E-state index in [0.717, 1.165) is 24.8 Å². The third-order valence-corrected chi connectivity index (χ3v) is 3.27. The van der Waals surface area contributed by atoms with Crippen molar-refractivity contribution in [2.45, 2.75) is 53.4 Å². The average molecular weight is 206 g/mol. The molecule has 0 saturated carbocycles. The van der Waals surface area contributed by atoms with Crippen LogP contribution in [-0.2, 0) is 4.79 Å². The number of Topliss-reactive ketones (excluding diaryl/α,β-unsaturated/α-hetero) is 1. The number of ketones is 1. The molecule has 1 rings (SSSR count). The van der Waals surface area contributed by atoms with E-state index < -0.39 is 0 Å².